The number of nitrogens with one attached hydrogen (secondary N) is 2. The number of carbonyl (C=O) groups is 2. The monoisotopic (exact) mass is 467 g/mol. The molecule has 176 valence electrons. The predicted octanol–water partition coefficient (Wildman–Crippen LogP) is 3.88. The number of carbonyl (C=O) groups excluding carboxylic acids is 2. The number of nitrogen functional groups attached to an aromatic ring is 1. The average Bonchev–Trinajstić information content (AvgIpc) is 3.07. The van der Waals surface area contributed by atoms with Crippen LogP contribution in [0.25, 0.3) is 10.8 Å². The van der Waals surface area contributed by atoms with E-state index >= 15 is 0 Å². The molecule has 1 atom stereocenters. The van der Waals surface area contributed by atoms with Crippen LogP contribution < -0.4 is 16.4 Å². The summed E-state index contributed by atoms with van der Waals surface area (Å²) < 4.78 is 0. The molecule has 0 spiro atoms. The van der Waals surface area contributed by atoms with Crippen molar-refractivity contribution in [3.05, 3.63) is 83.7 Å². The largest absolute Gasteiger partial charge is 0.368 e. The van der Waals surface area contributed by atoms with Gasteiger partial charge in [0.25, 0.3) is 5.91 Å². The third-order valence-electron chi connectivity index (χ3n) is 6.25. The number of urea groups is 1. The van der Waals surface area contributed by atoms with Crippen molar-refractivity contribution in [1.29, 1.82) is 0 Å². The molecular weight excluding hydrogens is 442 g/mol. The van der Waals surface area contributed by atoms with Crippen molar-refractivity contribution in [3.8, 4) is 0 Å². The number of hydrogen-bond acceptors (Lipinski definition) is 7. The molecule has 4 aromatic rings. The highest BCUT2D eigenvalue weighted by atomic mass is 16.2. The minimum Gasteiger partial charge on any atom is -0.368 e. The Hall–Kier alpha value is -4.53. The molecule has 0 saturated carbocycles. The normalized spacial score (nSPS) is 17.6. The van der Waals surface area contributed by atoms with Gasteiger partial charge in [0.2, 0.25) is 11.9 Å². The molecule has 0 unspecified atom stereocenters. The second-order valence-corrected chi connectivity index (χ2v) is 8.58. The lowest BCUT2D eigenvalue weighted by Gasteiger charge is -2.22. The van der Waals surface area contributed by atoms with Gasteiger partial charge in [0.05, 0.1) is 6.54 Å². The van der Waals surface area contributed by atoms with E-state index in [0.29, 0.717) is 5.56 Å². The van der Waals surface area contributed by atoms with E-state index in [2.05, 4.69) is 32.5 Å². The van der Waals surface area contributed by atoms with E-state index in [1.807, 2.05) is 66.7 Å². The molecule has 35 heavy (non-hydrogen) atoms. The summed E-state index contributed by atoms with van der Waals surface area (Å²) in [4.78, 5) is 40.1. The number of hydrogen-bond donors (Lipinski definition) is 3. The first kappa shape index (κ1) is 22.3. The molecule has 9 nitrogen and oxygen atoms in total. The van der Waals surface area contributed by atoms with Crippen LogP contribution in [0, 0.1) is 0 Å². The summed E-state index contributed by atoms with van der Waals surface area (Å²) in [7, 11) is 0. The Kier molecular flexibility index (Phi) is 5.52. The number of nitrogens with zero attached hydrogens (tertiary/aromatic N) is 4. The first-order valence-electron chi connectivity index (χ1n) is 11.4. The topological polar surface area (TPSA) is 126 Å². The standard InChI is InChI=1S/C26H25N7O2/c1-3-16-8-6-7-11-20(16)28-24-30-21(29-23(27)31-24)15-33-22(34)26(2,32-25(33)35)19-13-12-17-9-4-5-10-18(17)14-19/h4-14H,3,15H2,1-2H3,(H,32,35)(H3,27,28,29,30,31)/t26-/m1/s1. The summed E-state index contributed by atoms with van der Waals surface area (Å²) in [6.07, 6.45) is 0.826. The number of rotatable bonds is 6. The zero-order valence-corrected chi connectivity index (χ0v) is 19.4. The predicted molar refractivity (Wildman–Crippen MR) is 134 cm³/mol. The Morgan fingerprint density at radius 2 is 1.71 bits per heavy atom. The number of nitrogens with two attached hydrogens (primary N) is 1. The van der Waals surface area contributed by atoms with Crippen molar-refractivity contribution in [2.24, 2.45) is 0 Å². The molecule has 0 bridgehead atoms. The fourth-order valence-electron chi connectivity index (χ4n) is 4.31. The molecule has 1 saturated heterocycles. The maximum atomic E-state index is 13.4. The van der Waals surface area contributed by atoms with E-state index in [4.69, 9.17) is 5.73 Å². The van der Waals surface area contributed by atoms with Gasteiger partial charge in [-0.05, 0) is 47.4 Å². The smallest absolute Gasteiger partial charge is 0.325 e. The van der Waals surface area contributed by atoms with E-state index < -0.39 is 11.6 Å². The molecule has 0 radical (unpaired) electrons. The van der Waals surface area contributed by atoms with Crippen molar-refractivity contribution in [3.63, 3.8) is 0 Å². The van der Waals surface area contributed by atoms with Crippen LogP contribution in [-0.4, -0.2) is 31.8 Å². The lowest BCUT2D eigenvalue weighted by molar-refractivity contribution is -0.131. The Balaban J connectivity index is 1.41. The van der Waals surface area contributed by atoms with Gasteiger partial charge in [-0.3, -0.25) is 9.69 Å². The minimum absolute atomic E-state index is 0.00387. The maximum absolute atomic E-state index is 13.4. The zero-order chi connectivity index (χ0) is 24.6. The van der Waals surface area contributed by atoms with Gasteiger partial charge >= 0.3 is 6.03 Å². The van der Waals surface area contributed by atoms with E-state index in [9.17, 15) is 9.59 Å². The third kappa shape index (κ3) is 4.12. The molecule has 0 aliphatic carbocycles. The van der Waals surface area contributed by atoms with Gasteiger partial charge in [0.1, 0.15) is 5.54 Å². The van der Waals surface area contributed by atoms with E-state index in [1.54, 1.807) is 6.92 Å². The number of benzene rings is 3. The second-order valence-electron chi connectivity index (χ2n) is 8.58. The van der Waals surface area contributed by atoms with E-state index in [-0.39, 0.29) is 30.2 Å². The Morgan fingerprint density at radius 3 is 2.51 bits per heavy atom. The second kappa shape index (κ2) is 8.68. The molecule has 1 aromatic heterocycles. The van der Waals surface area contributed by atoms with Crippen LogP contribution in [0.2, 0.25) is 0 Å². The summed E-state index contributed by atoms with van der Waals surface area (Å²) in [5.74, 6) is 0.0661. The van der Waals surface area contributed by atoms with Gasteiger partial charge in [0.15, 0.2) is 5.82 Å². The summed E-state index contributed by atoms with van der Waals surface area (Å²) >= 11 is 0. The summed E-state index contributed by atoms with van der Waals surface area (Å²) in [6.45, 7) is 3.62. The molecule has 3 amide bonds. The Bertz CT molecular complexity index is 1450. The van der Waals surface area contributed by atoms with Crippen molar-refractivity contribution < 1.29 is 9.59 Å². The minimum atomic E-state index is -1.21. The SMILES string of the molecule is CCc1ccccc1Nc1nc(N)nc(CN2C(=O)N[C@](C)(c3ccc4ccccc4c3)C2=O)n1. The number of para-hydroxylation sites is 1. The maximum Gasteiger partial charge on any atom is 0.325 e. The number of aromatic nitrogens is 3. The van der Waals surface area contributed by atoms with Crippen molar-refractivity contribution in [2.45, 2.75) is 32.4 Å². The number of amides is 3. The summed E-state index contributed by atoms with van der Waals surface area (Å²) in [6, 6.07) is 20.9. The average molecular weight is 468 g/mol. The van der Waals surface area contributed by atoms with E-state index in [1.165, 1.54) is 0 Å². The summed E-state index contributed by atoms with van der Waals surface area (Å²) in [5.41, 5.74) is 7.35. The van der Waals surface area contributed by atoms with Crippen LogP contribution in [0.3, 0.4) is 0 Å². The highest BCUT2D eigenvalue weighted by Gasteiger charge is 2.49. The molecule has 9 heteroatoms. The van der Waals surface area contributed by atoms with Crippen molar-refractivity contribution >= 4 is 40.3 Å². The molecule has 5 rings (SSSR count). The molecule has 3 aromatic carbocycles. The molecule has 2 heterocycles. The van der Waals surface area contributed by atoms with Gasteiger partial charge < -0.3 is 16.4 Å². The Morgan fingerprint density at radius 1 is 0.971 bits per heavy atom. The number of fused-ring (bicyclic) bond motifs is 1. The van der Waals surface area contributed by atoms with Crippen LogP contribution >= 0.6 is 0 Å². The van der Waals surface area contributed by atoms with Gasteiger partial charge in [-0.1, -0.05) is 61.5 Å². The summed E-state index contributed by atoms with van der Waals surface area (Å²) in [5, 5.41) is 8.04. The van der Waals surface area contributed by atoms with Crippen LogP contribution in [0.15, 0.2) is 66.7 Å². The highest BCUT2D eigenvalue weighted by Crippen LogP contribution is 2.31. The van der Waals surface area contributed by atoms with Crippen molar-refractivity contribution in [2.75, 3.05) is 11.1 Å². The lowest BCUT2D eigenvalue weighted by atomic mass is 9.90. The number of anilines is 3. The molecule has 1 fully saturated rings. The van der Waals surface area contributed by atoms with Gasteiger partial charge in [-0.2, -0.15) is 15.0 Å². The zero-order valence-electron chi connectivity index (χ0n) is 19.4. The van der Waals surface area contributed by atoms with Crippen LogP contribution in [0.4, 0.5) is 22.4 Å². The quantitative estimate of drug-likeness (QED) is 0.367. The van der Waals surface area contributed by atoms with Gasteiger partial charge in [0, 0.05) is 5.69 Å². The number of aryl methyl sites for hydroxylation is 1. The Labute approximate surface area is 202 Å². The fourth-order valence-corrected chi connectivity index (χ4v) is 4.31. The molecular formula is C26H25N7O2. The van der Waals surface area contributed by atoms with Crippen LogP contribution in [0.5, 0.6) is 0 Å². The number of imide groups is 1. The lowest BCUT2D eigenvalue weighted by Crippen LogP contribution is -2.40. The van der Waals surface area contributed by atoms with Crippen LogP contribution in [0.1, 0.15) is 30.8 Å². The third-order valence-corrected chi connectivity index (χ3v) is 6.25. The molecule has 1 aliphatic heterocycles. The van der Waals surface area contributed by atoms with E-state index in [0.717, 1.165) is 33.3 Å². The highest BCUT2D eigenvalue weighted by molar-refractivity contribution is 6.07. The van der Waals surface area contributed by atoms with Crippen LogP contribution in [-0.2, 0) is 23.3 Å². The van der Waals surface area contributed by atoms with Gasteiger partial charge in [-0.25, -0.2) is 4.79 Å². The van der Waals surface area contributed by atoms with Crippen molar-refractivity contribution in [1.82, 2.24) is 25.2 Å². The first-order valence-corrected chi connectivity index (χ1v) is 11.4. The molecule has 1 aliphatic rings. The van der Waals surface area contributed by atoms with Gasteiger partial charge in [-0.15, -0.1) is 0 Å². The first-order chi connectivity index (χ1) is 16.9. The fraction of sp³-hybridized carbons (Fsp3) is 0.192. The molecule has 4 N–H and O–H groups in total.